The fourth-order valence-corrected chi connectivity index (χ4v) is 4.65. The molecule has 1 amide bonds. The smallest absolute Gasteiger partial charge is 0.250 e. The van der Waals surface area contributed by atoms with Crippen molar-refractivity contribution in [3.8, 4) is 0 Å². The summed E-state index contributed by atoms with van der Waals surface area (Å²) in [5.41, 5.74) is 6.78. The molecule has 0 bridgehead atoms. The van der Waals surface area contributed by atoms with Gasteiger partial charge in [0.05, 0.1) is 29.5 Å². The normalized spacial score (nSPS) is 11.4. The van der Waals surface area contributed by atoms with Crippen LogP contribution in [-0.2, 0) is 11.3 Å². The van der Waals surface area contributed by atoms with Gasteiger partial charge in [-0.2, -0.15) is 5.10 Å². The van der Waals surface area contributed by atoms with Crippen LogP contribution in [0.25, 0.3) is 11.0 Å². The first-order valence-electron chi connectivity index (χ1n) is 9.28. The van der Waals surface area contributed by atoms with Gasteiger partial charge in [-0.3, -0.25) is 4.79 Å². The number of carbonyl (C=O) groups excluding carboxylic acids is 1. The van der Waals surface area contributed by atoms with Gasteiger partial charge in [-0.15, -0.1) is 11.3 Å². The van der Waals surface area contributed by atoms with Crippen molar-refractivity contribution in [3.63, 3.8) is 0 Å². The van der Waals surface area contributed by atoms with E-state index >= 15 is 0 Å². The number of para-hydroxylation sites is 2. The van der Waals surface area contributed by atoms with Crippen molar-refractivity contribution in [1.29, 1.82) is 0 Å². The van der Waals surface area contributed by atoms with Gasteiger partial charge in [0.2, 0.25) is 0 Å². The molecule has 0 spiro atoms. The van der Waals surface area contributed by atoms with Gasteiger partial charge in [0.15, 0.2) is 5.16 Å². The topological polar surface area (TPSA) is 59.3 Å². The van der Waals surface area contributed by atoms with E-state index in [1.807, 2.05) is 66.9 Å². The number of hydrogen-bond donors (Lipinski definition) is 1. The van der Waals surface area contributed by atoms with Crippen LogP contribution in [0.15, 0.2) is 70.2 Å². The lowest BCUT2D eigenvalue weighted by Gasteiger charge is -2.09. The molecule has 0 radical (unpaired) electrons. The van der Waals surface area contributed by atoms with E-state index in [1.54, 1.807) is 17.6 Å². The van der Waals surface area contributed by atoms with Crippen LogP contribution in [0.1, 0.15) is 16.0 Å². The van der Waals surface area contributed by atoms with Crippen LogP contribution in [-0.4, -0.2) is 27.4 Å². The third kappa shape index (κ3) is 4.92. The zero-order valence-electron chi connectivity index (χ0n) is 16.2. The molecule has 1 N–H and O–H groups in total. The molecule has 4 aromatic rings. The predicted molar refractivity (Wildman–Crippen MR) is 126 cm³/mol. The number of fused-ring (bicyclic) bond motifs is 1. The Labute approximate surface area is 187 Å². The zero-order valence-corrected chi connectivity index (χ0v) is 18.6. The number of benzene rings is 2. The average Bonchev–Trinajstić information content (AvgIpc) is 3.31. The molecular formula is C22H19ClN4OS2. The first-order chi connectivity index (χ1) is 14.6. The van der Waals surface area contributed by atoms with E-state index in [9.17, 15) is 4.79 Å². The number of thioether (sulfide) groups is 1. The Morgan fingerprint density at radius 3 is 2.80 bits per heavy atom. The molecule has 2 aromatic heterocycles. The van der Waals surface area contributed by atoms with E-state index in [1.165, 1.54) is 11.8 Å². The molecule has 0 fully saturated rings. The van der Waals surface area contributed by atoms with Crippen LogP contribution < -0.4 is 5.43 Å². The number of thiophene rings is 1. The molecule has 8 heteroatoms. The minimum Gasteiger partial charge on any atom is -0.314 e. The number of aryl methyl sites for hydroxylation is 1. The molecule has 0 aliphatic heterocycles. The predicted octanol–water partition coefficient (Wildman–Crippen LogP) is 5.35. The van der Waals surface area contributed by atoms with E-state index in [2.05, 4.69) is 15.1 Å². The number of hydrogen-bond acceptors (Lipinski definition) is 5. The molecule has 5 nitrogen and oxygen atoms in total. The fraction of sp³-hybridized carbons (Fsp3) is 0.136. The van der Waals surface area contributed by atoms with E-state index < -0.39 is 0 Å². The quantitative estimate of drug-likeness (QED) is 0.232. The Morgan fingerprint density at radius 1 is 1.23 bits per heavy atom. The van der Waals surface area contributed by atoms with Gasteiger partial charge in [0.25, 0.3) is 5.91 Å². The lowest BCUT2D eigenvalue weighted by atomic mass is 10.2. The van der Waals surface area contributed by atoms with E-state index in [0.29, 0.717) is 11.6 Å². The van der Waals surface area contributed by atoms with Crippen LogP contribution in [0.2, 0.25) is 5.02 Å². The highest BCUT2D eigenvalue weighted by atomic mass is 35.5. The molecule has 0 aliphatic carbocycles. The monoisotopic (exact) mass is 454 g/mol. The molecule has 30 heavy (non-hydrogen) atoms. The number of imidazole rings is 1. The number of aromatic nitrogens is 2. The number of rotatable bonds is 7. The summed E-state index contributed by atoms with van der Waals surface area (Å²) in [5.74, 6) is 0.0561. The van der Waals surface area contributed by atoms with E-state index in [-0.39, 0.29) is 11.7 Å². The molecule has 4 rings (SSSR count). The number of carbonyl (C=O) groups is 1. The van der Waals surface area contributed by atoms with Crippen molar-refractivity contribution in [3.05, 3.63) is 81.0 Å². The maximum absolute atomic E-state index is 12.3. The number of nitrogens with zero attached hydrogens (tertiary/aromatic N) is 3. The van der Waals surface area contributed by atoms with Gasteiger partial charge in [-0.05, 0) is 53.8 Å². The van der Waals surface area contributed by atoms with Crippen molar-refractivity contribution >= 4 is 57.9 Å². The Balaban J connectivity index is 1.46. The van der Waals surface area contributed by atoms with Gasteiger partial charge in [-0.1, -0.05) is 47.6 Å². The van der Waals surface area contributed by atoms with Crippen molar-refractivity contribution in [1.82, 2.24) is 15.0 Å². The van der Waals surface area contributed by atoms with E-state index in [4.69, 9.17) is 16.6 Å². The zero-order chi connectivity index (χ0) is 20.9. The van der Waals surface area contributed by atoms with Crippen LogP contribution in [0.5, 0.6) is 0 Å². The van der Waals surface area contributed by atoms with Gasteiger partial charge in [-0.25, -0.2) is 10.4 Å². The standard InChI is InChI=1S/C22H19ClN4OS2/c1-15-10-11-29-20(15)12-24-26-21(28)14-30-22-25-18-4-2-3-5-19(18)27(22)13-16-6-8-17(23)9-7-16/h2-12H,13-14H2,1H3,(H,26,28)/b24-12-. The summed E-state index contributed by atoms with van der Waals surface area (Å²) in [6.07, 6.45) is 1.68. The second-order valence-electron chi connectivity index (χ2n) is 6.65. The molecular weight excluding hydrogens is 436 g/mol. The molecule has 0 aliphatic rings. The third-order valence-electron chi connectivity index (χ3n) is 4.48. The minimum absolute atomic E-state index is 0.171. The Bertz CT molecular complexity index is 1200. The molecule has 0 atom stereocenters. The minimum atomic E-state index is -0.171. The lowest BCUT2D eigenvalue weighted by Crippen LogP contribution is -2.20. The molecule has 0 saturated heterocycles. The van der Waals surface area contributed by atoms with E-state index in [0.717, 1.165) is 32.2 Å². The van der Waals surface area contributed by atoms with Crippen LogP contribution in [0.4, 0.5) is 0 Å². The van der Waals surface area contributed by atoms with Crippen LogP contribution in [0.3, 0.4) is 0 Å². The molecule has 0 unspecified atom stereocenters. The SMILES string of the molecule is Cc1ccsc1/C=N\NC(=O)CSc1nc2ccccc2n1Cc1ccc(Cl)cc1. The lowest BCUT2D eigenvalue weighted by molar-refractivity contribution is -0.118. The average molecular weight is 455 g/mol. The van der Waals surface area contributed by atoms with Gasteiger partial charge in [0.1, 0.15) is 0 Å². The summed E-state index contributed by atoms with van der Waals surface area (Å²) in [4.78, 5) is 18.0. The number of halogens is 1. The number of nitrogens with one attached hydrogen (secondary N) is 1. The summed E-state index contributed by atoms with van der Waals surface area (Å²) in [5, 5.41) is 7.56. The molecule has 2 aromatic carbocycles. The Hall–Kier alpha value is -2.61. The second-order valence-corrected chi connectivity index (χ2v) is 8.97. The maximum Gasteiger partial charge on any atom is 0.250 e. The summed E-state index contributed by atoms with van der Waals surface area (Å²) in [7, 11) is 0. The van der Waals surface area contributed by atoms with Gasteiger partial charge in [0, 0.05) is 9.90 Å². The highest BCUT2D eigenvalue weighted by Gasteiger charge is 2.13. The Kier molecular flexibility index (Phi) is 6.52. The molecule has 0 saturated carbocycles. The Morgan fingerprint density at radius 2 is 2.03 bits per heavy atom. The largest absolute Gasteiger partial charge is 0.314 e. The van der Waals surface area contributed by atoms with Crippen molar-refractivity contribution in [2.75, 3.05) is 5.75 Å². The van der Waals surface area contributed by atoms with Crippen LogP contribution >= 0.6 is 34.7 Å². The highest BCUT2D eigenvalue weighted by Crippen LogP contribution is 2.25. The summed E-state index contributed by atoms with van der Waals surface area (Å²) in [6.45, 7) is 2.66. The third-order valence-corrected chi connectivity index (χ3v) is 6.66. The summed E-state index contributed by atoms with van der Waals surface area (Å²) < 4.78 is 2.12. The number of amides is 1. The first kappa shape index (κ1) is 20.7. The fourth-order valence-electron chi connectivity index (χ4n) is 2.93. The van der Waals surface area contributed by atoms with Crippen LogP contribution in [0, 0.1) is 6.92 Å². The van der Waals surface area contributed by atoms with Crippen molar-refractivity contribution in [2.45, 2.75) is 18.6 Å². The second kappa shape index (κ2) is 9.47. The van der Waals surface area contributed by atoms with Crippen molar-refractivity contribution in [2.24, 2.45) is 5.10 Å². The van der Waals surface area contributed by atoms with Gasteiger partial charge >= 0.3 is 0 Å². The molecule has 2 heterocycles. The highest BCUT2D eigenvalue weighted by molar-refractivity contribution is 7.99. The molecule has 152 valence electrons. The van der Waals surface area contributed by atoms with Crippen molar-refractivity contribution < 1.29 is 4.79 Å². The summed E-state index contributed by atoms with van der Waals surface area (Å²) in [6, 6.07) is 17.7. The number of hydrazone groups is 1. The first-order valence-corrected chi connectivity index (χ1v) is 11.5. The van der Waals surface area contributed by atoms with Gasteiger partial charge < -0.3 is 4.57 Å². The maximum atomic E-state index is 12.3. The summed E-state index contributed by atoms with van der Waals surface area (Å²) >= 11 is 9.00.